The van der Waals surface area contributed by atoms with Crippen molar-refractivity contribution in [1.82, 2.24) is 4.98 Å². The van der Waals surface area contributed by atoms with Crippen molar-refractivity contribution in [2.45, 2.75) is 38.7 Å². The fourth-order valence-corrected chi connectivity index (χ4v) is 2.84. The fourth-order valence-electron chi connectivity index (χ4n) is 2.84. The molecule has 1 amide bonds. The van der Waals surface area contributed by atoms with Crippen LogP contribution in [0.3, 0.4) is 0 Å². The van der Waals surface area contributed by atoms with Crippen molar-refractivity contribution in [3.63, 3.8) is 0 Å². The highest BCUT2D eigenvalue weighted by Gasteiger charge is 2.15. The summed E-state index contributed by atoms with van der Waals surface area (Å²) in [5, 5.41) is 2.81. The minimum Gasteiger partial charge on any atom is -0.439 e. The van der Waals surface area contributed by atoms with Crippen LogP contribution in [-0.4, -0.2) is 36.8 Å². The summed E-state index contributed by atoms with van der Waals surface area (Å²) in [5.74, 6) is 1.14. The van der Waals surface area contributed by atoms with Crippen molar-refractivity contribution < 1.29 is 19.0 Å². The second-order valence-electron chi connectivity index (χ2n) is 6.50. The number of nitrogens with zero attached hydrogens (tertiary/aromatic N) is 1. The molecule has 144 valence electrons. The van der Waals surface area contributed by atoms with Gasteiger partial charge in [0.05, 0.1) is 37.6 Å². The van der Waals surface area contributed by atoms with Crippen LogP contribution in [0, 0.1) is 0 Å². The summed E-state index contributed by atoms with van der Waals surface area (Å²) in [6.45, 7) is 3.85. The van der Waals surface area contributed by atoms with Crippen LogP contribution in [-0.2, 0) is 20.7 Å². The molecule has 27 heavy (non-hydrogen) atoms. The Balaban J connectivity index is 1.40. The summed E-state index contributed by atoms with van der Waals surface area (Å²) in [5.41, 5.74) is 1.84. The van der Waals surface area contributed by atoms with Crippen LogP contribution in [0.15, 0.2) is 42.6 Å². The van der Waals surface area contributed by atoms with E-state index in [1.165, 1.54) is 5.56 Å². The van der Waals surface area contributed by atoms with Gasteiger partial charge in [0.1, 0.15) is 5.75 Å². The van der Waals surface area contributed by atoms with Crippen LogP contribution in [0.1, 0.15) is 31.7 Å². The van der Waals surface area contributed by atoms with Crippen molar-refractivity contribution in [3.05, 3.63) is 48.2 Å². The quantitative estimate of drug-likeness (QED) is 0.677. The zero-order valence-corrected chi connectivity index (χ0v) is 15.6. The van der Waals surface area contributed by atoms with E-state index in [9.17, 15) is 4.79 Å². The number of nitrogens with one attached hydrogen (secondary N) is 1. The molecule has 6 heteroatoms. The number of rotatable bonds is 9. The van der Waals surface area contributed by atoms with E-state index in [2.05, 4.69) is 23.3 Å². The number of carbonyl (C=O) groups is 1. The summed E-state index contributed by atoms with van der Waals surface area (Å²) in [6, 6.07) is 11.4. The molecular weight excluding hydrogens is 344 g/mol. The van der Waals surface area contributed by atoms with E-state index in [1.54, 1.807) is 18.3 Å². The molecule has 6 nitrogen and oxygen atoms in total. The highest BCUT2D eigenvalue weighted by Crippen LogP contribution is 2.21. The SMILES string of the molecule is CCc1cccc(Oc2ccc(NC(=O)CCOCC3CCCO3)cn2)c1. The smallest absolute Gasteiger partial charge is 0.226 e. The summed E-state index contributed by atoms with van der Waals surface area (Å²) < 4.78 is 16.7. The van der Waals surface area contributed by atoms with Gasteiger partial charge in [0.2, 0.25) is 11.8 Å². The molecule has 1 aromatic carbocycles. The van der Waals surface area contributed by atoms with Crippen molar-refractivity contribution in [3.8, 4) is 11.6 Å². The summed E-state index contributed by atoms with van der Waals surface area (Å²) in [7, 11) is 0. The van der Waals surface area contributed by atoms with Gasteiger partial charge in [-0.2, -0.15) is 0 Å². The van der Waals surface area contributed by atoms with Crippen molar-refractivity contribution in [2.75, 3.05) is 25.1 Å². The third kappa shape index (κ3) is 6.34. The Hall–Kier alpha value is -2.44. The lowest BCUT2D eigenvalue weighted by Gasteiger charge is -2.10. The van der Waals surface area contributed by atoms with Gasteiger partial charge in [-0.1, -0.05) is 19.1 Å². The van der Waals surface area contributed by atoms with Crippen LogP contribution in [0.4, 0.5) is 5.69 Å². The lowest BCUT2D eigenvalue weighted by molar-refractivity contribution is -0.117. The number of aryl methyl sites for hydroxylation is 1. The van der Waals surface area contributed by atoms with Gasteiger partial charge in [-0.3, -0.25) is 4.79 Å². The highest BCUT2D eigenvalue weighted by molar-refractivity contribution is 5.90. The number of benzene rings is 1. The van der Waals surface area contributed by atoms with E-state index in [1.807, 2.05) is 18.2 Å². The molecule has 1 fully saturated rings. The summed E-state index contributed by atoms with van der Waals surface area (Å²) in [4.78, 5) is 16.2. The molecule has 1 aliphatic heterocycles. The Kier molecular flexibility index (Phi) is 7.19. The van der Waals surface area contributed by atoms with E-state index < -0.39 is 0 Å². The third-order valence-electron chi connectivity index (χ3n) is 4.35. The van der Waals surface area contributed by atoms with Crippen molar-refractivity contribution in [1.29, 1.82) is 0 Å². The van der Waals surface area contributed by atoms with Crippen molar-refractivity contribution >= 4 is 11.6 Å². The number of carbonyl (C=O) groups excluding carboxylic acids is 1. The van der Waals surface area contributed by atoms with Gasteiger partial charge in [-0.15, -0.1) is 0 Å². The van der Waals surface area contributed by atoms with Crippen LogP contribution >= 0.6 is 0 Å². The van der Waals surface area contributed by atoms with E-state index in [4.69, 9.17) is 14.2 Å². The maximum Gasteiger partial charge on any atom is 0.226 e. The Morgan fingerprint density at radius 3 is 3.00 bits per heavy atom. The number of anilines is 1. The molecule has 3 rings (SSSR count). The standard InChI is InChI=1S/C21H26N2O4/c1-2-16-5-3-6-18(13-16)27-21-9-8-17(14-22-21)23-20(24)10-12-25-15-19-7-4-11-26-19/h3,5-6,8-9,13-14,19H,2,4,7,10-12,15H2,1H3,(H,23,24). The molecule has 1 unspecified atom stereocenters. The highest BCUT2D eigenvalue weighted by atomic mass is 16.5. The van der Waals surface area contributed by atoms with Crippen LogP contribution in [0.5, 0.6) is 11.6 Å². The lowest BCUT2D eigenvalue weighted by Crippen LogP contribution is -2.18. The van der Waals surface area contributed by atoms with Crippen LogP contribution in [0.2, 0.25) is 0 Å². The second-order valence-corrected chi connectivity index (χ2v) is 6.50. The number of hydrogen-bond acceptors (Lipinski definition) is 5. The van der Waals surface area contributed by atoms with Gasteiger partial charge in [0.15, 0.2) is 0 Å². The first-order valence-corrected chi connectivity index (χ1v) is 9.45. The van der Waals surface area contributed by atoms with Gasteiger partial charge in [0, 0.05) is 12.7 Å². The predicted octanol–water partition coefficient (Wildman–Crippen LogP) is 3.96. The lowest BCUT2D eigenvalue weighted by atomic mass is 10.2. The normalized spacial score (nSPS) is 16.3. The molecule has 1 aromatic heterocycles. The average molecular weight is 370 g/mol. The molecule has 1 atom stereocenters. The molecule has 2 aromatic rings. The fraction of sp³-hybridized carbons (Fsp3) is 0.429. The number of amides is 1. The molecule has 1 N–H and O–H groups in total. The molecule has 0 spiro atoms. The molecule has 0 bridgehead atoms. The average Bonchev–Trinajstić information content (AvgIpc) is 3.20. The van der Waals surface area contributed by atoms with E-state index in [0.717, 1.165) is 31.6 Å². The first-order chi connectivity index (χ1) is 13.2. The minimum atomic E-state index is -0.103. The number of pyridine rings is 1. The second kappa shape index (κ2) is 10.0. The Morgan fingerprint density at radius 1 is 1.33 bits per heavy atom. The Labute approximate surface area is 159 Å². The van der Waals surface area contributed by atoms with E-state index in [0.29, 0.717) is 31.2 Å². The monoisotopic (exact) mass is 370 g/mol. The summed E-state index contributed by atoms with van der Waals surface area (Å²) in [6.07, 6.45) is 5.15. The minimum absolute atomic E-state index is 0.103. The van der Waals surface area contributed by atoms with E-state index in [-0.39, 0.29) is 12.0 Å². The van der Waals surface area contributed by atoms with Gasteiger partial charge in [-0.25, -0.2) is 4.98 Å². The first kappa shape index (κ1) is 19.3. The number of ether oxygens (including phenoxy) is 3. The molecule has 0 saturated carbocycles. The van der Waals surface area contributed by atoms with Crippen molar-refractivity contribution in [2.24, 2.45) is 0 Å². The summed E-state index contributed by atoms with van der Waals surface area (Å²) >= 11 is 0. The zero-order chi connectivity index (χ0) is 18.9. The maximum absolute atomic E-state index is 12.0. The number of aromatic nitrogens is 1. The molecule has 2 heterocycles. The number of hydrogen-bond donors (Lipinski definition) is 1. The molecule has 1 aliphatic rings. The topological polar surface area (TPSA) is 69.7 Å². The Morgan fingerprint density at radius 2 is 2.26 bits per heavy atom. The van der Waals surface area contributed by atoms with Crippen LogP contribution < -0.4 is 10.1 Å². The third-order valence-corrected chi connectivity index (χ3v) is 4.35. The largest absolute Gasteiger partial charge is 0.439 e. The first-order valence-electron chi connectivity index (χ1n) is 9.45. The molecule has 0 aliphatic carbocycles. The van der Waals surface area contributed by atoms with Gasteiger partial charge >= 0.3 is 0 Å². The van der Waals surface area contributed by atoms with Crippen LogP contribution in [0.25, 0.3) is 0 Å². The molecule has 1 saturated heterocycles. The van der Waals surface area contributed by atoms with Gasteiger partial charge < -0.3 is 19.5 Å². The Bertz CT molecular complexity index is 727. The maximum atomic E-state index is 12.0. The molecular formula is C21H26N2O4. The predicted molar refractivity (Wildman–Crippen MR) is 103 cm³/mol. The van der Waals surface area contributed by atoms with Gasteiger partial charge in [0.25, 0.3) is 0 Å². The van der Waals surface area contributed by atoms with E-state index >= 15 is 0 Å². The zero-order valence-electron chi connectivity index (χ0n) is 15.6. The van der Waals surface area contributed by atoms with Gasteiger partial charge in [-0.05, 0) is 43.0 Å². The molecule has 0 radical (unpaired) electrons.